The van der Waals surface area contributed by atoms with Gasteiger partial charge in [0.1, 0.15) is 17.6 Å². The number of benzene rings is 1. The van der Waals surface area contributed by atoms with Crippen molar-refractivity contribution in [3.63, 3.8) is 0 Å². The van der Waals surface area contributed by atoms with Crippen LogP contribution in [0.1, 0.15) is 36.0 Å². The summed E-state index contributed by atoms with van der Waals surface area (Å²) in [6, 6.07) is 3.74. The van der Waals surface area contributed by atoms with Gasteiger partial charge in [0.25, 0.3) is 5.91 Å². The molecule has 21 heavy (non-hydrogen) atoms. The normalized spacial score (nSPS) is 19.9. The molecule has 0 saturated heterocycles. The summed E-state index contributed by atoms with van der Waals surface area (Å²) < 4.78 is 12.8. The van der Waals surface area contributed by atoms with Crippen molar-refractivity contribution < 1.29 is 23.9 Å². The van der Waals surface area contributed by atoms with Crippen LogP contribution in [-0.2, 0) is 9.59 Å². The van der Waals surface area contributed by atoms with Crippen molar-refractivity contribution in [3.05, 3.63) is 35.6 Å². The van der Waals surface area contributed by atoms with Gasteiger partial charge in [0.2, 0.25) is 0 Å². The second kappa shape index (κ2) is 6.47. The highest BCUT2D eigenvalue weighted by Crippen LogP contribution is 2.24. The first-order valence-corrected chi connectivity index (χ1v) is 6.78. The van der Waals surface area contributed by atoms with Gasteiger partial charge in [-0.15, -0.1) is 0 Å². The van der Waals surface area contributed by atoms with E-state index in [0.717, 1.165) is 12.1 Å². The van der Waals surface area contributed by atoms with Crippen LogP contribution in [0.3, 0.4) is 0 Å². The molecule has 1 aromatic rings. The molecule has 0 bridgehead atoms. The van der Waals surface area contributed by atoms with Crippen molar-refractivity contribution in [1.29, 1.82) is 0 Å². The predicted octanol–water partition coefficient (Wildman–Crippen LogP) is 1.77. The number of Topliss-reactive ketones (excluding diaryl/α,β-unsaturated/α-hetero) is 1. The van der Waals surface area contributed by atoms with Gasteiger partial charge in [-0.2, -0.15) is 0 Å². The Hall–Kier alpha value is -2.24. The lowest BCUT2D eigenvalue weighted by atomic mass is 9.83. The number of aliphatic carboxylic acids is 1. The Morgan fingerprint density at radius 2 is 1.95 bits per heavy atom. The van der Waals surface area contributed by atoms with E-state index in [-0.39, 0.29) is 17.8 Å². The van der Waals surface area contributed by atoms with E-state index >= 15 is 0 Å². The van der Waals surface area contributed by atoms with E-state index in [0.29, 0.717) is 19.3 Å². The second-order valence-electron chi connectivity index (χ2n) is 5.19. The molecule has 0 aliphatic heterocycles. The number of amides is 1. The largest absolute Gasteiger partial charge is 0.480 e. The van der Waals surface area contributed by atoms with E-state index in [4.69, 9.17) is 0 Å². The molecule has 112 valence electrons. The molecule has 5 nitrogen and oxygen atoms in total. The van der Waals surface area contributed by atoms with Gasteiger partial charge >= 0.3 is 5.97 Å². The number of carboxylic acid groups (broad SMARTS) is 1. The zero-order valence-electron chi connectivity index (χ0n) is 11.3. The lowest BCUT2D eigenvalue weighted by molar-refractivity contribution is -0.141. The first-order valence-electron chi connectivity index (χ1n) is 6.78. The number of carbonyl (C=O) groups is 3. The molecule has 1 aliphatic carbocycles. The summed E-state index contributed by atoms with van der Waals surface area (Å²) in [4.78, 5) is 34.8. The first-order chi connectivity index (χ1) is 9.97. The SMILES string of the molecule is O=C1CCC[C@H]([C@@H](NC(=O)c2ccc(F)cc2)C(=O)O)C1. The van der Waals surface area contributed by atoms with E-state index in [9.17, 15) is 23.9 Å². The highest BCUT2D eigenvalue weighted by molar-refractivity contribution is 5.96. The number of carbonyl (C=O) groups excluding carboxylic acids is 2. The number of hydrogen-bond acceptors (Lipinski definition) is 3. The van der Waals surface area contributed by atoms with Crippen LogP contribution in [0.2, 0.25) is 0 Å². The summed E-state index contributed by atoms with van der Waals surface area (Å²) in [6.07, 6.45) is 1.86. The third-order valence-electron chi connectivity index (χ3n) is 3.65. The van der Waals surface area contributed by atoms with Crippen molar-refractivity contribution in [2.75, 3.05) is 0 Å². The molecule has 1 aliphatic rings. The fraction of sp³-hybridized carbons (Fsp3) is 0.400. The fourth-order valence-electron chi connectivity index (χ4n) is 2.55. The minimum absolute atomic E-state index is 0.0218. The van der Waals surface area contributed by atoms with E-state index in [1.165, 1.54) is 12.1 Å². The zero-order valence-corrected chi connectivity index (χ0v) is 11.3. The molecule has 2 N–H and O–H groups in total. The molecular formula is C15H16FNO4. The highest BCUT2D eigenvalue weighted by Gasteiger charge is 2.33. The van der Waals surface area contributed by atoms with Crippen molar-refractivity contribution in [3.8, 4) is 0 Å². The summed E-state index contributed by atoms with van der Waals surface area (Å²) in [6.45, 7) is 0. The van der Waals surface area contributed by atoms with Crippen molar-refractivity contribution in [2.24, 2.45) is 5.92 Å². The minimum atomic E-state index is -1.16. The van der Waals surface area contributed by atoms with Crippen molar-refractivity contribution >= 4 is 17.7 Å². The molecule has 0 spiro atoms. The lowest BCUT2D eigenvalue weighted by Crippen LogP contribution is -2.47. The number of hydrogen-bond donors (Lipinski definition) is 2. The van der Waals surface area contributed by atoms with E-state index in [1.54, 1.807) is 0 Å². The summed E-state index contributed by atoms with van der Waals surface area (Å²) >= 11 is 0. The Bertz CT molecular complexity index is 555. The molecule has 1 aromatic carbocycles. The number of rotatable bonds is 4. The predicted molar refractivity (Wildman–Crippen MR) is 72.3 cm³/mol. The Kier molecular flexibility index (Phi) is 4.67. The summed E-state index contributed by atoms with van der Waals surface area (Å²) in [5.74, 6) is -2.59. The Labute approximate surface area is 121 Å². The smallest absolute Gasteiger partial charge is 0.326 e. The highest BCUT2D eigenvalue weighted by atomic mass is 19.1. The van der Waals surface area contributed by atoms with Crippen LogP contribution in [0.5, 0.6) is 0 Å². The molecule has 0 aromatic heterocycles. The molecule has 1 amide bonds. The lowest BCUT2D eigenvalue weighted by Gasteiger charge is -2.27. The van der Waals surface area contributed by atoms with Crippen LogP contribution in [-0.4, -0.2) is 28.8 Å². The summed E-state index contributed by atoms with van der Waals surface area (Å²) in [5, 5.41) is 11.7. The van der Waals surface area contributed by atoms with Crippen LogP contribution in [0, 0.1) is 11.7 Å². The molecule has 6 heteroatoms. The molecule has 0 heterocycles. The van der Waals surface area contributed by atoms with E-state index in [2.05, 4.69) is 5.32 Å². The fourth-order valence-corrected chi connectivity index (χ4v) is 2.55. The Balaban J connectivity index is 2.08. The van der Waals surface area contributed by atoms with Crippen LogP contribution in [0.25, 0.3) is 0 Å². The maximum atomic E-state index is 12.8. The van der Waals surface area contributed by atoms with E-state index in [1.807, 2.05) is 0 Å². The minimum Gasteiger partial charge on any atom is -0.480 e. The Morgan fingerprint density at radius 1 is 1.29 bits per heavy atom. The van der Waals surface area contributed by atoms with Gasteiger partial charge in [-0.3, -0.25) is 9.59 Å². The van der Waals surface area contributed by atoms with Gasteiger partial charge in [0.05, 0.1) is 0 Å². The van der Waals surface area contributed by atoms with Crippen LogP contribution >= 0.6 is 0 Å². The number of halogens is 1. The van der Waals surface area contributed by atoms with Gasteiger partial charge in [0.15, 0.2) is 0 Å². The van der Waals surface area contributed by atoms with Gasteiger partial charge in [0, 0.05) is 18.4 Å². The third-order valence-corrected chi connectivity index (χ3v) is 3.65. The number of carboxylic acids is 1. The van der Waals surface area contributed by atoms with Gasteiger partial charge < -0.3 is 10.4 Å². The molecule has 2 rings (SSSR count). The monoisotopic (exact) mass is 293 g/mol. The standard InChI is InChI=1S/C15H16FNO4/c16-11-6-4-9(5-7-11)14(19)17-13(15(20)21)10-2-1-3-12(18)8-10/h4-7,10,13H,1-3,8H2,(H,17,19)(H,20,21)/t10-,13+/m0/s1. The topological polar surface area (TPSA) is 83.5 Å². The quantitative estimate of drug-likeness (QED) is 0.886. The van der Waals surface area contributed by atoms with Crippen molar-refractivity contribution in [2.45, 2.75) is 31.7 Å². The molecule has 0 unspecified atom stereocenters. The summed E-state index contributed by atoms with van der Waals surface area (Å²) in [5.41, 5.74) is 0.185. The van der Waals surface area contributed by atoms with E-state index < -0.39 is 29.7 Å². The molecule has 0 radical (unpaired) electrons. The van der Waals surface area contributed by atoms with Gasteiger partial charge in [-0.25, -0.2) is 9.18 Å². The second-order valence-corrected chi connectivity index (χ2v) is 5.19. The molecule has 1 saturated carbocycles. The Morgan fingerprint density at radius 3 is 2.52 bits per heavy atom. The summed E-state index contributed by atoms with van der Waals surface area (Å²) in [7, 11) is 0. The van der Waals surface area contributed by atoms with Crippen LogP contribution in [0.15, 0.2) is 24.3 Å². The van der Waals surface area contributed by atoms with Gasteiger partial charge in [-0.1, -0.05) is 0 Å². The third kappa shape index (κ3) is 3.87. The number of nitrogens with one attached hydrogen (secondary N) is 1. The first kappa shape index (κ1) is 15.2. The maximum Gasteiger partial charge on any atom is 0.326 e. The maximum absolute atomic E-state index is 12.8. The molecule has 1 fully saturated rings. The van der Waals surface area contributed by atoms with Crippen LogP contribution in [0.4, 0.5) is 4.39 Å². The average Bonchev–Trinajstić information content (AvgIpc) is 2.45. The van der Waals surface area contributed by atoms with Crippen LogP contribution < -0.4 is 5.32 Å². The molecular weight excluding hydrogens is 277 g/mol. The average molecular weight is 293 g/mol. The molecule has 2 atom stereocenters. The van der Waals surface area contributed by atoms with Gasteiger partial charge in [-0.05, 0) is 43.0 Å². The number of ketones is 1. The zero-order chi connectivity index (χ0) is 15.4. The van der Waals surface area contributed by atoms with Crippen molar-refractivity contribution in [1.82, 2.24) is 5.32 Å².